The van der Waals surface area contributed by atoms with Crippen LogP contribution in [-0.4, -0.2) is 0 Å². The van der Waals surface area contributed by atoms with Gasteiger partial charge in [0.15, 0.2) is 11.5 Å². The predicted octanol–water partition coefficient (Wildman–Crippen LogP) is 2.23. The highest BCUT2D eigenvalue weighted by molar-refractivity contribution is 6.30. The molecule has 51 valence electrons. The fourth-order valence-electron chi connectivity index (χ4n) is 0.799. The lowest BCUT2D eigenvalue weighted by Gasteiger charge is -1.93. The second kappa shape index (κ2) is 2.06. The maximum absolute atomic E-state index is 5.67. The fraction of sp³-hybridized carbons (Fsp3) is 0. The molecular weight excluding hydrogens is 152 g/mol. The number of benzene rings is 1. The van der Waals surface area contributed by atoms with Crippen LogP contribution in [0.25, 0.3) is 0 Å². The molecule has 0 N–H and O–H groups in total. The van der Waals surface area contributed by atoms with Crippen LogP contribution in [-0.2, 0) is 0 Å². The Kier molecular flexibility index (Phi) is 1.21. The molecule has 0 amide bonds. The molecule has 2 nitrogen and oxygen atoms in total. The summed E-state index contributed by atoms with van der Waals surface area (Å²) in [6.45, 7) is 1.28. The average Bonchev–Trinajstić information content (AvgIpc) is 2.33. The van der Waals surface area contributed by atoms with E-state index in [4.69, 9.17) is 21.1 Å². The van der Waals surface area contributed by atoms with Gasteiger partial charge in [-0.1, -0.05) is 11.6 Å². The third kappa shape index (κ3) is 0.809. The standard InChI is InChI=1S/C7H4ClO2/c8-5-1-2-6-7(3-5)10-4-9-6/h1-4H. The van der Waals surface area contributed by atoms with E-state index in [1.54, 1.807) is 18.2 Å². The molecule has 0 bridgehead atoms. The van der Waals surface area contributed by atoms with E-state index < -0.39 is 0 Å². The van der Waals surface area contributed by atoms with E-state index in [2.05, 4.69) is 0 Å². The quantitative estimate of drug-likeness (QED) is 0.572. The third-order valence-corrected chi connectivity index (χ3v) is 1.49. The molecule has 0 aromatic heterocycles. The van der Waals surface area contributed by atoms with Crippen molar-refractivity contribution in [2.75, 3.05) is 0 Å². The van der Waals surface area contributed by atoms with Crippen LogP contribution in [0.3, 0.4) is 0 Å². The van der Waals surface area contributed by atoms with E-state index in [-0.39, 0.29) is 0 Å². The van der Waals surface area contributed by atoms with Crippen LogP contribution >= 0.6 is 11.6 Å². The smallest absolute Gasteiger partial charge is 0.316 e. The summed E-state index contributed by atoms with van der Waals surface area (Å²) in [7, 11) is 0. The number of halogens is 1. The first-order chi connectivity index (χ1) is 4.86. The average molecular weight is 156 g/mol. The Hall–Kier alpha value is -0.890. The van der Waals surface area contributed by atoms with Crippen molar-refractivity contribution in [2.24, 2.45) is 0 Å². The van der Waals surface area contributed by atoms with Crippen molar-refractivity contribution >= 4 is 11.6 Å². The van der Waals surface area contributed by atoms with Gasteiger partial charge in [-0.05, 0) is 12.1 Å². The lowest BCUT2D eigenvalue weighted by Crippen LogP contribution is -1.82. The minimum absolute atomic E-state index is 0.651. The van der Waals surface area contributed by atoms with E-state index in [1.807, 2.05) is 0 Å². The molecule has 1 radical (unpaired) electrons. The summed E-state index contributed by atoms with van der Waals surface area (Å²) >= 11 is 5.67. The second-order valence-corrected chi connectivity index (χ2v) is 2.36. The van der Waals surface area contributed by atoms with Crippen LogP contribution in [0.5, 0.6) is 11.5 Å². The zero-order valence-electron chi connectivity index (χ0n) is 5.00. The predicted molar refractivity (Wildman–Crippen MR) is 37.0 cm³/mol. The lowest BCUT2D eigenvalue weighted by atomic mass is 10.3. The summed E-state index contributed by atoms with van der Waals surface area (Å²) in [6.07, 6.45) is 0. The number of rotatable bonds is 0. The van der Waals surface area contributed by atoms with Gasteiger partial charge in [0.05, 0.1) is 0 Å². The Morgan fingerprint density at radius 1 is 1.10 bits per heavy atom. The van der Waals surface area contributed by atoms with Gasteiger partial charge in [0.25, 0.3) is 0 Å². The summed E-state index contributed by atoms with van der Waals surface area (Å²) in [6, 6.07) is 5.23. The van der Waals surface area contributed by atoms with Crippen LogP contribution in [0.2, 0.25) is 5.02 Å². The maximum Gasteiger partial charge on any atom is 0.316 e. The summed E-state index contributed by atoms with van der Waals surface area (Å²) in [4.78, 5) is 0. The van der Waals surface area contributed by atoms with E-state index in [1.165, 1.54) is 6.79 Å². The van der Waals surface area contributed by atoms with Crippen LogP contribution in [0.15, 0.2) is 18.2 Å². The highest BCUT2D eigenvalue weighted by Gasteiger charge is 2.12. The van der Waals surface area contributed by atoms with Crippen molar-refractivity contribution in [1.29, 1.82) is 0 Å². The number of hydrogen-bond donors (Lipinski definition) is 0. The SMILES string of the molecule is Clc1ccc2c(c1)O[CH]O2. The van der Waals surface area contributed by atoms with Gasteiger partial charge in [-0.2, -0.15) is 0 Å². The molecule has 0 spiro atoms. The van der Waals surface area contributed by atoms with Gasteiger partial charge in [-0.15, -0.1) is 0 Å². The van der Waals surface area contributed by atoms with Crippen molar-refractivity contribution in [3.63, 3.8) is 0 Å². The van der Waals surface area contributed by atoms with E-state index in [9.17, 15) is 0 Å². The molecule has 0 saturated heterocycles. The van der Waals surface area contributed by atoms with Crippen molar-refractivity contribution in [3.8, 4) is 11.5 Å². The summed E-state index contributed by atoms with van der Waals surface area (Å²) in [5.41, 5.74) is 0. The highest BCUT2D eigenvalue weighted by Crippen LogP contribution is 2.35. The van der Waals surface area contributed by atoms with Crippen molar-refractivity contribution in [2.45, 2.75) is 0 Å². The number of hydrogen-bond acceptors (Lipinski definition) is 2. The van der Waals surface area contributed by atoms with Gasteiger partial charge >= 0.3 is 6.79 Å². The first kappa shape index (κ1) is 5.86. The van der Waals surface area contributed by atoms with E-state index in [0.29, 0.717) is 16.5 Å². The Bertz CT molecular complexity index is 260. The molecule has 0 fully saturated rings. The van der Waals surface area contributed by atoms with Gasteiger partial charge in [0, 0.05) is 11.1 Å². The zero-order valence-corrected chi connectivity index (χ0v) is 5.76. The summed E-state index contributed by atoms with van der Waals surface area (Å²) in [5, 5.41) is 0.651. The third-order valence-electron chi connectivity index (χ3n) is 1.26. The molecule has 10 heavy (non-hydrogen) atoms. The van der Waals surface area contributed by atoms with Crippen LogP contribution in [0, 0.1) is 6.79 Å². The Balaban J connectivity index is 2.52. The van der Waals surface area contributed by atoms with Gasteiger partial charge in [0.2, 0.25) is 0 Å². The lowest BCUT2D eigenvalue weighted by molar-refractivity contribution is 0.270. The highest BCUT2D eigenvalue weighted by atomic mass is 35.5. The monoisotopic (exact) mass is 155 g/mol. The van der Waals surface area contributed by atoms with Crippen molar-refractivity contribution in [3.05, 3.63) is 30.0 Å². The topological polar surface area (TPSA) is 18.5 Å². The van der Waals surface area contributed by atoms with Crippen LogP contribution in [0.1, 0.15) is 0 Å². The maximum atomic E-state index is 5.67. The van der Waals surface area contributed by atoms with Crippen LogP contribution in [0.4, 0.5) is 0 Å². The Morgan fingerprint density at radius 2 is 1.90 bits per heavy atom. The molecule has 1 aromatic carbocycles. The normalized spacial score (nSPS) is 13.7. The zero-order chi connectivity index (χ0) is 6.97. The fourth-order valence-corrected chi connectivity index (χ4v) is 0.961. The first-order valence-corrected chi connectivity index (χ1v) is 3.18. The molecule has 1 aliphatic rings. The summed E-state index contributed by atoms with van der Waals surface area (Å²) in [5.74, 6) is 1.39. The largest absolute Gasteiger partial charge is 0.444 e. The van der Waals surface area contributed by atoms with Crippen molar-refractivity contribution < 1.29 is 9.47 Å². The van der Waals surface area contributed by atoms with Crippen molar-refractivity contribution in [1.82, 2.24) is 0 Å². The molecule has 1 heterocycles. The molecule has 0 unspecified atom stereocenters. The summed E-state index contributed by atoms with van der Waals surface area (Å²) < 4.78 is 9.90. The molecule has 3 heteroatoms. The minimum Gasteiger partial charge on any atom is -0.444 e. The number of ether oxygens (including phenoxy) is 2. The van der Waals surface area contributed by atoms with Gasteiger partial charge in [0.1, 0.15) is 0 Å². The van der Waals surface area contributed by atoms with Gasteiger partial charge < -0.3 is 9.47 Å². The van der Waals surface area contributed by atoms with E-state index >= 15 is 0 Å². The molecule has 1 aromatic rings. The molecule has 0 atom stereocenters. The minimum atomic E-state index is 0.651. The first-order valence-electron chi connectivity index (χ1n) is 2.81. The molecule has 0 aliphatic carbocycles. The molecule has 1 aliphatic heterocycles. The van der Waals surface area contributed by atoms with E-state index in [0.717, 1.165) is 0 Å². The molecule has 2 rings (SSSR count). The molecule has 0 saturated carbocycles. The van der Waals surface area contributed by atoms with Gasteiger partial charge in [-0.3, -0.25) is 0 Å². The Morgan fingerprint density at radius 3 is 2.80 bits per heavy atom. The second-order valence-electron chi connectivity index (χ2n) is 1.92. The molecular formula is C7H4ClO2. The van der Waals surface area contributed by atoms with Gasteiger partial charge in [-0.25, -0.2) is 0 Å². The number of fused-ring (bicyclic) bond motifs is 1. The Labute approximate surface area is 63.3 Å². The van der Waals surface area contributed by atoms with Crippen LogP contribution < -0.4 is 9.47 Å².